The van der Waals surface area contributed by atoms with Gasteiger partial charge < -0.3 is 4.57 Å². The zero-order valence-electron chi connectivity index (χ0n) is 8.64. The molecule has 6 heteroatoms. The highest BCUT2D eigenvalue weighted by Gasteiger charge is 2.26. The van der Waals surface area contributed by atoms with E-state index in [1.165, 1.54) is 10.8 Å². The van der Waals surface area contributed by atoms with Gasteiger partial charge in [-0.05, 0) is 35.3 Å². The number of aryl methyl sites for hydroxylation is 2. The van der Waals surface area contributed by atoms with Crippen molar-refractivity contribution < 1.29 is 13.2 Å². The lowest BCUT2D eigenvalue weighted by atomic mass is 10.2. The molecule has 1 heterocycles. The second-order valence-corrected chi connectivity index (χ2v) is 4.47. The summed E-state index contributed by atoms with van der Waals surface area (Å²) in [5.41, 5.74) is 0.270. The van der Waals surface area contributed by atoms with Crippen LogP contribution >= 0.6 is 15.9 Å². The zero-order valence-corrected chi connectivity index (χ0v) is 10.2. The Morgan fingerprint density at radius 2 is 2.06 bits per heavy atom. The number of alkyl halides is 3. The Labute approximate surface area is 99.2 Å². The van der Waals surface area contributed by atoms with Gasteiger partial charge in [-0.3, -0.25) is 4.79 Å². The molecule has 1 aromatic rings. The van der Waals surface area contributed by atoms with Gasteiger partial charge in [0.05, 0.1) is 0 Å². The minimum absolute atomic E-state index is 0.0820. The van der Waals surface area contributed by atoms with Crippen LogP contribution in [0.3, 0.4) is 0 Å². The summed E-state index contributed by atoms with van der Waals surface area (Å²) in [5, 5.41) is 0. The van der Waals surface area contributed by atoms with Gasteiger partial charge in [0, 0.05) is 29.2 Å². The molecule has 0 spiro atoms. The van der Waals surface area contributed by atoms with Crippen LogP contribution in [0.1, 0.15) is 18.4 Å². The highest BCUT2D eigenvalue weighted by Crippen LogP contribution is 2.21. The molecular formula is C10H11BrF3NO. The van der Waals surface area contributed by atoms with E-state index in [0.29, 0.717) is 10.0 Å². The molecule has 0 N–H and O–H groups in total. The molecule has 0 amide bonds. The Morgan fingerprint density at radius 3 is 2.62 bits per heavy atom. The molecule has 2 nitrogen and oxygen atoms in total. The van der Waals surface area contributed by atoms with Gasteiger partial charge in [0.2, 0.25) is 0 Å². The molecular weight excluding hydrogens is 287 g/mol. The SMILES string of the molecule is Cc1cc(Br)cn(CCCC(F)(F)F)c1=O. The Hall–Kier alpha value is -0.780. The lowest BCUT2D eigenvalue weighted by Gasteiger charge is -2.09. The van der Waals surface area contributed by atoms with Crippen molar-refractivity contribution in [1.29, 1.82) is 0 Å². The predicted octanol–water partition coefficient (Wildman–Crippen LogP) is 3.26. The smallest absolute Gasteiger partial charge is 0.314 e. The Balaban J connectivity index is 2.71. The first kappa shape index (κ1) is 13.3. The van der Waals surface area contributed by atoms with Gasteiger partial charge in [0.15, 0.2) is 0 Å². The fourth-order valence-corrected chi connectivity index (χ4v) is 1.95. The summed E-state index contributed by atoms with van der Waals surface area (Å²) in [5.74, 6) is 0. The van der Waals surface area contributed by atoms with Crippen LogP contribution in [0.5, 0.6) is 0 Å². The van der Waals surface area contributed by atoms with Crippen molar-refractivity contribution in [3.63, 3.8) is 0 Å². The Kier molecular flexibility index (Phi) is 4.18. The zero-order chi connectivity index (χ0) is 12.3. The third kappa shape index (κ3) is 4.00. The fourth-order valence-electron chi connectivity index (χ4n) is 1.36. The maximum Gasteiger partial charge on any atom is 0.389 e. The molecule has 0 aliphatic rings. The third-order valence-corrected chi connectivity index (χ3v) is 2.52. The van der Waals surface area contributed by atoms with Crippen molar-refractivity contribution in [2.75, 3.05) is 0 Å². The van der Waals surface area contributed by atoms with E-state index in [1.807, 2.05) is 0 Å². The topological polar surface area (TPSA) is 22.0 Å². The summed E-state index contributed by atoms with van der Waals surface area (Å²) in [6, 6.07) is 1.64. The molecule has 0 saturated carbocycles. The molecule has 0 aliphatic heterocycles. The van der Waals surface area contributed by atoms with Crippen molar-refractivity contribution in [3.05, 3.63) is 32.7 Å². The molecule has 16 heavy (non-hydrogen) atoms. The van der Waals surface area contributed by atoms with Crippen LogP contribution in [0.4, 0.5) is 13.2 Å². The largest absolute Gasteiger partial charge is 0.389 e. The van der Waals surface area contributed by atoms with Gasteiger partial charge in [-0.25, -0.2) is 0 Å². The molecule has 0 bridgehead atoms. The molecule has 0 radical (unpaired) electrons. The molecule has 0 aliphatic carbocycles. The first-order valence-corrected chi connectivity index (χ1v) is 5.52. The highest BCUT2D eigenvalue weighted by atomic mass is 79.9. The number of nitrogens with zero attached hydrogens (tertiary/aromatic N) is 1. The molecule has 0 saturated heterocycles. The molecule has 1 rings (SSSR count). The molecule has 0 aromatic carbocycles. The minimum atomic E-state index is -4.16. The number of aromatic nitrogens is 1. The maximum absolute atomic E-state index is 11.9. The van der Waals surface area contributed by atoms with Crippen molar-refractivity contribution in [2.45, 2.75) is 32.5 Å². The Morgan fingerprint density at radius 1 is 1.44 bits per heavy atom. The third-order valence-electron chi connectivity index (χ3n) is 2.09. The van der Waals surface area contributed by atoms with Crippen LogP contribution in [0.15, 0.2) is 21.5 Å². The van der Waals surface area contributed by atoms with Crippen LogP contribution in [0.2, 0.25) is 0 Å². The second kappa shape index (κ2) is 5.03. The predicted molar refractivity (Wildman–Crippen MR) is 58.4 cm³/mol. The van der Waals surface area contributed by atoms with E-state index >= 15 is 0 Å². The van der Waals surface area contributed by atoms with E-state index in [-0.39, 0.29) is 18.5 Å². The number of halogens is 4. The number of rotatable bonds is 3. The monoisotopic (exact) mass is 297 g/mol. The lowest BCUT2D eigenvalue weighted by molar-refractivity contribution is -0.135. The average molecular weight is 298 g/mol. The number of pyridine rings is 1. The Bertz CT molecular complexity index is 425. The quantitative estimate of drug-likeness (QED) is 0.839. The van der Waals surface area contributed by atoms with Gasteiger partial charge in [-0.1, -0.05) is 0 Å². The fraction of sp³-hybridized carbons (Fsp3) is 0.500. The van der Waals surface area contributed by atoms with Gasteiger partial charge in [0.1, 0.15) is 0 Å². The summed E-state index contributed by atoms with van der Waals surface area (Å²) in [7, 11) is 0. The van der Waals surface area contributed by atoms with Crippen molar-refractivity contribution in [3.8, 4) is 0 Å². The van der Waals surface area contributed by atoms with Crippen LogP contribution in [0, 0.1) is 6.92 Å². The summed E-state index contributed by atoms with van der Waals surface area (Å²) in [6.07, 6.45) is -3.61. The molecule has 90 valence electrons. The van der Waals surface area contributed by atoms with E-state index in [1.54, 1.807) is 13.0 Å². The first-order valence-electron chi connectivity index (χ1n) is 4.73. The van der Waals surface area contributed by atoms with Crippen LogP contribution in [0.25, 0.3) is 0 Å². The molecule has 0 atom stereocenters. The van der Waals surface area contributed by atoms with Gasteiger partial charge >= 0.3 is 6.18 Å². The standard InChI is InChI=1S/C10H11BrF3NO/c1-7-5-8(11)6-15(9(7)16)4-2-3-10(12,13)14/h5-6H,2-4H2,1H3. The van der Waals surface area contributed by atoms with E-state index in [9.17, 15) is 18.0 Å². The average Bonchev–Trinajstić information content (AvgIpc) is 2.11. The molecule has 1 aromatic heterocycles. The molecule has 0 fully saturated rings. The second-order valence-electron chi connectivity index (χ2n) is 3.56. The van der Waals surface area contributed by atoms with Crippen LogP contribution < -0.4 is 5.56 Å². The van der Waals surface area contributed by atoms with E-state index < -0.39 is 12.6 Å². The van der Waals surface area contributed by atoms with Crippen molar-refractivity contribution in [1.82, 2.24) is 4.57 Å². The van der Waals surface area contributed by atoms with Gasteiger partial charge in [-0.2, -0.15) is 13.2 Å². The minimum Gasteiger partial charge on any atom is -0.314 e. The van der Waals surface area contributed by atoms with Crippen molar-refractivity contribution >= 4 is 15.9 Å². The normalized spacial score (nSPS) is 11.8. The van der Waals surface area contributed by atoms with Crippen LogP contribution in [-0.2, 0) is 6.54 Å². The highest BCUT2D eigenvalue weighted by molar-refractivity contribution is 9.10. The van der Waals surface area contributed by atoms with Gasteiger partial charge in [0.25, 0.3) is 5.56 Å². The number of hydrogen-bond donors (Lipinski definition) is 0. The maximum atomic E-state index is 11.9. The van der Waals surface area contributed by atoms with E-state index in [0.717, 1.165) is 0 Å². The molecule has 0 unspecified atom stereocenters. The van der Waals surface area contributed by atoms with Crippen molar-refractivity contribution in [2.24, 2.45) is 0 Å². The van der Waals surface area contributed by atoms with Crippen LogP contribution in [-0.4, -0.2) is 10.7 Å². The summed E-state index contributed by atoms with van der Waals surface area (Å²) >= 11 is 3.20. The van der Waals surface area contributed by atoms with E-state index in [2.05, 4.69) is 15.9 Å². The first-order chi connectivity index (χ1) is 7.29. The number of hydrogen-bond acceptors (Lipinski definition) is 1. The van der Waals surface area contributed by atoms with E-state index in [4.69, 9.17) is 0 Å². The van der Waals surface area contributed by atoms with Gasteiger partial charge in [-0.15, -0.1) is 0 Å². The summed E-state index contributed by atoms with van der Waals surface area (Å²) < 4.78 is 37.8. The lowest BCUT2D eigenvalue weighted by Crippen LogP contribution is -2.22. The summed E-state index contributed by atoms with van der Waals surface area (Å²) in [6.45, 7) is 1.71. The summed E-state index contributed by atoms with van der Waals surface area (Å²) in [4.78, 5) is 11.5.